The summed E-state index contributed by atoms with van der Waals surface area (Å²) in [6.07, 6.45) is 5.22. The molecule has 0 radical (unpaired) electrons. The van der Waals surface area contributed by atoms with Crippen molar-refractivity contribution in [3.63, 3.8) is 0 Å². The van der Waals surface area contributed by atoms with Gasteiger partial charge in [-0.1, -0.05) is 31.6 Å². The lowest BCUT2D eigenvalue weighted by Gasteiger charge is -2.08. The summed E-state index contributed by atoms with van der Waals surface area (Å²) < 4.78 is 0. The van der Waals surface area contributed by atoms with Crippen LogP contribution in [0.25, 0.3) is 0 Å². The topological polar surface area (TPSA) is 78.0 Å². The summed E-state index contributed by atoms with van der Waals surface area (Å²) >= 11 is 0. The lowest BCUT2D eigenvalue weighted by Crippen LogP contribution is -2.15. The number of hydrogen-bond donors (Lipinski definition) is 3. The van der Waals surface area contributed by atoms with E-state index in [-0.39, 0.29) is 29.4 Å². The third kappa shape index (κ3) is 3.97. The Kier molecular flexibility index (Phi) is 5.36. The van der Waals surface area contributed by atoms with Crippen LogP contribution in [-0.2, 0) is 12.8 Å². The Morgan fingerprint density at radius 2 is 2.09 bits per heavy atom. The molecule has 0 aliphatic carbocycles. The zero-order valence-corrected chi connectivity index (χ0v) is 12.7. The molecule has 0 saturated carbocycles. The highest BCUT2D eigenvalue weighted by molar-refractivity contribution is 5.54. The Morgan fingerprint density at radius 1 is 1.36 bits per heavy atom. The Bertz CT molecular complexity index is 690. The van der Waals surface area contributed by atoms with E-state index in [2.05, 4.69) is 28.8 Å². The second-order valence-electron chi connectivity index (χ2n) is 5.13. The van der Waals surface area contributed by atoms with Gasteiger partial charge in [0.1, 0.15) is 0 Å². The Balaban J connectivity index is 2.13. The van der Waals surface area contributed by atoms with E-state index in [0.717, 1.165) is 12.1 Å². The number of rotatable bonds is 7. The number of hydrogen-bond acceptors (Lipinski definition) is 4. The monoisotopic (exact) mass is 299 g/mol. The maximum atomic E-state index is 11.9. The van der Waals surface area contributed by atoms with Crippen LogP contribution in [-0.4, -0.2) is 15.1 Å². The Hall–Kier alpha value is -2.56. The van der Waals surface area contributed by atoms with Gasteiger partial charge in [0.25, 0.3) is 5.56 Å². The number of anilines is 2. The van der Waals surface area contributed by atoms with Crippen LogP contribution >= 0.6 is 0 Å². The zero-order chi connectivity index (χ0) is 15.9. The summed E-state index contributed by atoms with van der Waals surface area (Å²) in [5, 5.41) is 12.8. The number of aryl methyl sites for hydroxylation is 1. The number of aromatic hydroxyl groups is 1. The highest BCUT2D eigenvalue weighted by atomic mass is 16.3. The SMILES string of the molecule is C=CCc1c(O)nc(Nc2ccc(CCCC)cc2)[nH]c1=O. The molecule has 3 N–H and O–H groups in total. The molecule has 0 amide bonds. The van der Waals surface area contributed by atoms with Crippen LogP contribution in [0.1, 0.15) is 30.9 Å². The van der Waals surface area contributed by atoms with Gasteiger partial charge in [-0.15, -0.1) is 6.58 Å². The van der Waals surface area contributed by atoms with Gasteiger partial charge in [0.15, 0.2) is 0 Å². The lowest BCUT2D eigenvalue weighted by atomic mass is 10.1. The second kappa shape index (κ2) is 7.45. The summed E-state index contributed by atoms with van der Waals surface area (Å²) in [4.78, 5) is 18.4. The van der Waals surface area contributed by atoms with Gasteiger partial charge in [-0.25, -0.2) is 0 Å². The number of nitrogens with one attached hydrogen (secondary N) is 2. The summed E-state index contributed by atoms with van der Waals surface area (Å²) in [5.41, 5.74) is 1.93. The largest absolute Gasteiger partial charge is 0.493 e. The van der Waals surface area contributed by atoms with E-state index in [1.165, 1.54) is 18.4 Å². The number of nitrogens with zero attached hydrogens (tertiary/aromatic N) is 1. The van der Waals surface area contributed by atoms with Crippen molar-refractivity contribution in [1.29, 1.82) is 0 Å². The quantitative estimate of drug-likeness (QED) is 0.686. The molecule has 22 heavy (non-hydrogen) atoms. The first-order chi connectivity index (χ1) is 10.6. The first-order valence-electron chi connectivity index (χ1n) is 7.43. The Morgan fingerprint density at radius 3 is 2.68 bits per heavy atom. The number of unbranched alkanes of at least 4 members (excludes halogenated alkanes) is 1. The minimum Gasteiger partial charge on any atom is -0.493 e. The van der Waals surface area contributed by atoms with Crippen LogP contribution in [0.5, 0.6) is 5.88 Å². The van der Waals surface area contributed by atoms with Crippen LogP contribution in [0.15, 0.2) is 41.7 Å². The average molecular weight is 299 g/mol. The van der Waals surface area contributed by atoms with E-state index in [0.29, 0.717) is 0 Å². The standard InChI is InChI=1S/C17H21N3O2/c1-3-5-7-12-8-10-13(11-9-12)18-17-19-15(21)14(6-4-2)16(22)20-17/h4,8-11H,2-3,5-7H2,1H3,(H3,18,19,20,21,22). The number of aromatic nitrogens is 2. The highest BCUT2D eigenvalue weighted by Crippen LogP contribution is 2.17. The van der Waals surface area contributed by atoms with Gasteiger partial charge in [0, 0.05) is 12.1 Å². The van der Waals surface area contributed by atoms with Crippen LogP contribution in [0, 0.1) is 0 Å². The molecule has 0 atom stereocenters. The number of benzene rings is 1. The third-order valence-corrected chi connectivity index (χ3v) is 3.38. The minimum atomic E-state index is -0.366. The molecule has 0 aliphatic heterocycles. The van der Waals surface area contributed by atoms with Crippen molar-refractivity contribution in [2.45, 2.75) is 32.6 Å². The molecular weight excluding hydrogens is 278 g/mol. The number of aromatic amines is 1. The van der Waals surface area contributed by atoms with Crippen molar-refractivity contribution in [2.24, 2.45) is 0 Å². The van der Waals surface area contributed by atoms with Crippen LogP contribution in [0.2, 0.25) is 0 Å². The first kappa shape index (κ1) is 15.8. The molecule has 5 heteroatoms. The molecular formula is C17H21N3O2. The highest BCUT2D eigenvalue weighted by Gasteiger charge is 2.09. The molecule has 0 aliphatic rings. The maximum Gasteiger partial charge on any atom is 0.259 e. The van der Waals surface area contributed by atoms with Crippen molar-refractivity contribution in [3.05, 3.63) is 58.4 Å². The maximum absolute atomic E-state index is 11.9. The van der Waals surface area contributed by atoms with Crippen LogP contribution in [0.3, 0.4) is 0 Å². The van der Waals surface area contributed by atoms with Crippen LogP contribution < -0.4 is 10.9 Å². The third-order valence-electron chi connectivity index (χ3n) is 3.38. The van der Waals surface area contributed by atoms with Gasteiger partial charge >= 0.3 is 0 Å². The predicted molar refractivity (Wildman–Crippen MR) is 88.8 cm³/mol. The molecule has 0 bridgehead atoms. The smallest absolute Gasteiger partial charge is 0.259 e. The van der Waals surface area contributed by atoms with Gasteiger partial charge in [-0.3, -0.25) is 9.78 Å². The zero-order valence-electron chi connectivity index (χ0n) is 12.7. The van der Waals surface area contributed by atoms with Gasteiger partial charge in [0.05, 0.1) is 5.56 Å². The number of H-pyrrole nitrogens is 1. The Labute approximate surface area is 129 Å². The van der Waals surface area contributed by atoms with Crippen molar-refractivity contribution in [3.8, 4) is 5.88 Å². The molecule has 1 aromatic carbocycles. The molecule has 1 heterocycles. The minimum absolute atomic E-state index is 0.218. The molecule has 0 saturated heterocycles. The fraction of sp³-hybridized carbons (Fsp3) is 0.294. The fourth-order valence-corrected chi connectivity index (χ4v) is 2.15. The summed E-state index contributed by atoms with van der Waals surface area (Å²) in [5.74, 6) is -0.0534. The van der Waals surface area contributed by atoms with Crippen LogP contribution in [0.4, 0.5) is 11.6 Å². The number of allylic oxidation sites excluding steroid dienone is 1. The summed E-state index contributed by atoms with van der Waals surface area (Å²) in [6.45, 7) is 5.72. The summed E-state index contributed by atoms with van der Waals surface area (Å²) in [7, 11) is 0. The van der Waals surface area contributed by atoms with Gasteiger partial charge in [-0.05, 0) is 30.5 Å². The molecule has 1 aromatic heterocycles. The van der Waals surface area contributed by atoms with E-state index in [4.69, 9.17) is 0 Å². The molecule has 0 fully saturated rings. The fourth-order valence-electron chi connectivity index (χ4n) is 2.15. The van der Waals surface area contributed by atoms with E-state index in [1.807, 2.05) is 24.3 Å². The van der Waals surface area contributed by atoms with E-state index < -0.39 is 0 Å². The predicted octanol–water partition coefficient (Wildman–Crippen LogP) is 3.29. The summed E-state index contributed by atoms with van der Waals surface area (Å²) in [6, 6.07) is 7.95. The van der Waals surface area contributed by atoms with E-state index >= 15 is 0 Å². The van der Waals surface area contributed by atoms with Crippen molar-refractivity contribution in [1.82, 2.24) is 9.97 Å². The molecule has 0 spiro atoms. The second-order valence-corrected chi connectivity index (χ2v) is 5.13. The molecule has 116 valence electrons. The average Bonchev–Trinajstić information content (AvgIpc) is 2.50. The molecule has 2 rings (SSSR count). The van der Waals surface area contributed by atoms with Crippen molar-refractivity contribution >= 4 is 11.6 Å². The lowest BCUT2D eigenvalue weighted by molar-refractivity contribution is 0.445. The van der Waals surface area contributed by atoms with Gasteiger partial charge in [-0.2, -0.15) is 4.98 Å². The van der Waals surface area contributed by atoms with Crippen molar-refractivity contribution in [2.75, 3.05) is 5.32 Å². The first-order valence-corrected chi connectivity index (χ1v) is 7.43. The molecule has 0 unspecified atom stereocenters. The van der Waals surface area contributed by atoms with Gasteiger partial charge in [0.2, 0.25) is 11.8 Å². The van der Waals surface area contributed by atoms with E-state index in [1.54, 1.807) is 6.08 Å². The molecule has 5 nitrogen and oxygen atoms in total. The van der Waals surface area contributed by atoms with E-state index in [9.17, 15) is 9.90 Å². The normalized spacial score (nSPS) is 10.4. The molecule has 2 aromatic rings. The van der Waals surface area contributed by atoms with Crippen molar-refractivity contribution < 1.29 is 5.11 Å². The van der Waals surface area contributed by atoms with Gasteiger partial charge < -0.3 is 10.4 Å².